The summed E-state index contributed by atoms with van der Waals surface area (Å²) in [4.78, 5) is 5.17. The largest absolute Gasteiger partial charge is 0.369 e. The maximum Gasteiger partial charge on any atom is 0.0407 e. The Labute approximate surface area is 143 Å². The van der Waals surface area contributed by atoms with Crippen LogP contribution in [0.1, 0.15) is 17.5 Å². The van der Waals surface area contributed by atoms with Crippen molar-refractivity contribution >= 4 is 17.3 Å². The van der Waals surface area contributed by atoms with Crippen LogP contribution in [0.3, 0.4) is 0 Å². The molecule has 1 unspecified atom stereocenters. The smallest absolute Gasteiger partial charge is 0.0407 e. The molecule has 0 saturated carbocycles. The summed E-state index contributed by atoms with van der Waals surface area (Å²) in [5.74, 6) is 0. The average Bonchev–Trinajstić information content (AvgIpc) is 2.62. The number of nitrogens with zero attached hydrogens (tertiary/aromatic N) is 2. The van der Waals surface area contributed by atoms with E-state index in [1.54, 1.807) is 11.1 Å². The normalized spacial score (nSPS) is 22.0. The Balaban J connectivity index is 1.38. The molecule has 2 aromatic rings. The molecular formula is C20H23ClN2. The molecule has 1 heterocycles. The van der Waals surface area contributed by atoms with Crippen molar-refractivity contribution in [2.24, 2.45) is 0 Å². The summed E-state index contributed by atoms with van der Waals surface area (Å²) < 4.78 is 0. The molecule has 1 atom stereocenters. The van der Waals surface area contributed by atoms with Gasteiger partial charge in [-0.15, -0.1) is 0 Å². The maximum atomic E-state index is 5.99. The summed E-state index contributed by atoms with van der Waals surface area (Å²) >= 11 is 5.99. The van der Waals surface area contributed by atoms with Crippen molar-refractivity contribution < 1.29 is 0 Å². The Kier molecular flexibility index (Phi) is 4.28. The van der Waals surface area contributed by atoms with Crippen LogP contribution in [-0.2, 0) is 12.8 Å². The van der Waals surface area contributed by atoms with Crippen LogP contribution in [0, 0.1) is 0 Å². The zero-order valence-electron chi connectivity index (χ0n) is 13.4. The van der Waals surface area contributed by atoms with Gasteiger partial charge >= 0.3 is 0 Å². The van der Waals surface area contributed by atoms with Gasteiger partial charge in [-0.05, 0) is 54.7 Å². The molecule has 1 aliphatic heterocycles. The number of hydrogen-bond donors (Lipinski definition) is 0. The first-order chi connectivity index (χ1) is 11.3. The molecule has 3 heteroatoms. The second kappa shape index (κ2) is 6.54. The van der Waals surface area contributed by atoms with Gasteiger partial charge in [-0.1, -0.05) is 35.9 Å². The summed E-state index contributed by atoms with van der Waals surface area (Å²) in [6, 6.07) is 17.9. The van der Waals surface area contributed by atoms with Crippen molar-refractivity contribution in [3.8, 4) is 0 Å². The molecule has 0 bridgehead atoms. The summed E-state index contributed by atoms with van der Waals surface area (Å²) in [6.07, 6.45) is 3.76. The Morgan fingerprint density at radius 1 is 0.826 bits per heavy atom. The molecule has 0 N–H and O–H groups in total. The number of anilines is 1. The molecule has 2 aliphatic rings. The van der Waals surface area contributed by atoms with Gasteiger partial charge in [0.05, 0.1) is 0 Å². The Bertz CT molecular complexity index is 660. The van der Waals surface area contributed by atoms with E-state index in [1.165, 1.54) is 24.9 Å². The number of benzene rings is 2. The third-order valence-corrected chi connectivity index (χ3v) is 5.60. The van der Waals surface area contributed by atoms with E-state index in [0.717, 1.165) is 37.2 Å². The summed E-state index contributed by atoms with van der Waals surface area (Å²) in [5, 5.41) is 0.813. The number of aryl methyl sites for hydroxylation is 1. The molecule has 0 amide bonds. The van der Waals surface area contributed by atoms with Crippen molar-refractivity contribution in [1.82, 2.24) is 4.90 Å². The van der Waals surface area contributed by atoms with Crippen LogP contribution >= 0.6 is 11.6 Å². The molecule has 1 saturated heterocycles. The predicted molar refractivity (Wildman–Crippen MR) is 97.5 cm³/mol. The lowest BCUT2D eigenvalue weighted by Crippen LogP contribution is -2.51. The van der Waals surface area contributed by atoms with Crippen molar-refractivity contribution in [2.75, 3.05) is 31.1 Å². The van der Waals surface area contributed by atoms with Gasteiger partial charge in [0.15, 0.2) is 0 Å². The fraction of sp³-hybridized carbons (Fsp3) is 0.400. The highest BCUT2D eigenvalue weighted by Crippen LogP contribution is 2.26. The fourth-order valence-corrected chi connectivity index (χ4v) is 4.11. The number of fused-ring (bicyclic) bond motifs is 1. The van der Waals surface area contributed by atoms with E-state index < -0.39 is 0 Å². The summed E-state index contributed by atoms with van der Waals surface area (Å²) in [7, 11) is 0. The summed E-state index contributed by atoms with van der Waals surface area (Å²) in [5.41, 5.74) is 4.41. The molecule has 120 valence electrons. The minimum atomic E-state index is 0.720. The van der Waals surface area contributed by atoms with Crippen LogP contribution in [0.25, 0.3) is 0 Å². The molecule has 0 spiro atoms. The van der Waals surface area contributed by atoms with Crippen molar-refractivity contribution in [1.29, 1.82) is 0 Å². The van der Waals surface area contributed by atoms with Gasteiger partial charge in [0.2, 0.25) is 0 Å². The first-order valence-electron chi connectivity index (χ1n) is 8.61. The van der Waals surface area contributed by atoms with Gasteiger partial charge in [-0.25, -0.2) is 0 Å². The lowest BCUT2D eigenvalue weighted by molar-refractivity contribution is 0.170. The second-order valence-electron chi connectivity index (χ2n) is 6.66. The average molecular weight is 327 g/mol. The highest BCUT2D eigenvalue weighted by Gasteiger charge is 2.27. The predicted octanol–water partition coefficient (Wildman–Crippen LogP) is 4.02. The van der Waals surface area contributed by atoms with Gasteiger partial charge in [0, 0.05) is 42.9 Å². The van der Waals surface area contributed by atoms with Crippen LogP contribution in [0.5, 0.6) is 0 Å². The number of piperazine rings is 1. The van der Waals surface area contributed by atoms with Crippen molar-refractivity contribution in [3.63, 3.8) is 0 Å². The molecule has 0 aromatic heterocycles. The van der Waals surface area contributed by atoms with Gasteiger partial charge in [-0.2, -0.15) is 0 Å². The van der Waals surface area contributed by atoms with Crippen LogP contribution in [-0.4, -0.2) is 37.1 Å². The lowest BCUT2D eigenvalue weighted by Gasteiger charge is -2.42. The first kappa shape index (κ1) is 15.0. The Morgan fingerprint density at radius 3 is 2.26 bits per heavy atom. The topological polar surface area (TPSA) is 6.48 Å². The van der Waals surface area contributed by atoms with Gasteiger partial charge in [0.1, 0.15) is 0 Å². The van der Waals surface area contributed by atoms with E-state index in [4.69, 9.17) is 11.6 Å². The maximum absolute atomic E-state index is 5.99. The second-order valence-corrected chi connectivity index (χ2v) is 7.10. The molecule has 2 aromatic carbocycles. The standard InChI is InChI=1S/C20H23ClN2/c21-18-6-9-19(10-7-18)22-11-13-23(14-12-22)20-8-5-16-3-1-2-4-17(16)15-20/h1-4,6-7,9-10,20H,5,8,11-15H2. The van der Waals surface area contributed by atoms with Crippen LogP contribution in [0.15, 0.2) is 48.5 Å². The SMILES string of the molecule is Clc1ccc(N2CCN(C3CCc4ccccc4C3)CC2)cc1. The highest BCUT2D eigenvalue weighted by atomic mass is 35.5. The molecule has 4 rings (SSSR count). The van der Waals surface area contributed by atoms with E-state index in [-0.39, 0.29) is 0 Å². The number of rotatable bonds is 2. The monoisotopic (exact) mass is 326 g/mol. The first-order valence-corrected chi connectivity index (χ1v) is 8.99. The lowest BCUT2D eigenvalue weighted by atomic mass is 9.87. The molecule has 23 heavy (non-hydrogen) atoms. The zero-order chi connectivity index (χ0) is 15.6. The molecular weight excluding hydrogens is 304 g/mol. The third kappa shape index (κ3) is 3.24. The number of halogens is 1. The Morgan fingerprint density at radius 2 is 1.52 bits per heavy atom. The Hall–Kier alpha value is -1.51. The van der Waals surface area contributed by atoms with E-state index in [1.807, 2.05) is 12.1 Å². The number of hydrogen-bond acceptors (Lipinski definition) is 2. The highest BCUT2D eigenvalue weighted by molar-refractivity contribution is 6.30. The molecule has 2 nitrogen and oxygen atoms in total. The minimum absolute atomic E-state index is 0.720. The van der Waals surface area contributed by atoms with Crippen molar-refractivity contribution in [3.05, 3.63) is 64.7 Å². The van der Waals surface area contributed by atoms with Gasteiger partial charge in [-0.3, -0.25) is 4.90 Å². The molecule has 1 aliphatic carbocycles. The summed E-state index contributed by atoms with van der Waals surface area (Å²) in [6.45, 7) is 4.55. The quantitative estimate of drug-likeness (QED) is 0.822. The van der Waals surface area contributed by atoms with Crippen LogP contribution < -0.4 is 4.90 Å². The van der Waals surface area contributed by atoms with Crippen molar-refractivity contribution in [2.45, 2.75) is 25.3 Å². The third-order valence-electron chi connectivity index (χ3n) is 5.34. The van der Waals surface area contributed by atoms with Crippen LogP contribution in [0.2, 0.25) is 5.02 Å². The van der Waals surface area contributed by atoms with E-state index in [2.05, 4.69) is 46.2 Å². The molecule has 1 fully saturated rings. The van der Waals surface area contributed by atoms with Gasteiger partial charge < -0.3 is 4.90 Å². The van der Waals surface area contributed by atoms with E-state index in [9.17, 15) is 0 Å². The van der Waals surface area contributed by atoms with E-state index in [0.29, 0.717) is 0 Å². The molecule has 0 radical (unpaired) electrons. The van der Waals surface area contributed by atoms with E-state index >= 15 is 0 Å². The minimum Gasteiger partial charge on any atom is -0.369 e. The zero-order valence-corrected chi connectivity index (χ0v) is 14.2. The van der Waals surface area contributed by atoms with Crippen LogP contribution in [0.4, 0.5) is 5.69 Å². The van der Waals surface area contributed by atoms with Gasteiger partial charge in [0.25, 0.3) is 0 Å². The fourth-order valence-electron chi connectivity index (χ4n) is 3.99.